The molecule has 0 bridgehead atoms. The number of amides is 1. The van der Waals surface area contributed by atoms with Crippen LogP contribution in [0.25, 0.3) is 0 Å². The van der Waals surface area contributed by atoms with Crippen molar-refractivity contribution in [1.29, 1.82) is 0 Å². The van der Waals surface area contributed by atoms with E-state index in [1.807, 2.05) is 39.0 Å². The molecule has 0 fully saturated rings. The fourth-order valence-electron chi connectivity index (χ4n) is 1.41. The van der Waals surface area contributed by atoms with Crippen LogP contribution in [0.3, 0.4) is 0 Å². The van der Waals surface area contributed by atoms with E-state index in [1.54, 1.807) is 0 Å². The molecule has 0 radical (unpaired) electrons. The minimum absolute atomic E-state index is 0.0590. The maximum Gasteiger partial charge on any atom is 0.251 e. The molecule has 1 aromatic rings. The molecule has 2 heteroatoms. The van der Waals surface area contributed by atoms with Crippen molar-refractivity contribution in [1.82, 2.24) is 5.32 Å². The SMILES string of the molecule is CC.Cc1cccc2c1CNC2=O. The number of carbonyl (C=O) groups excluding carboxylic acids is 1. The molecule has 2 rings (SSSR count). The zero-order valence-corrected chi connectivity index (χ0v) is 8.35. The van der Waals surface area contributed by atoms with E-state index in [0.29, 0.717) is 6.54 Å². The van der Waals surface area contributed by atoms with Crippen molar-refractivity contribution in [2.45, 2.75) is 27.3 Å². The molecule has 1 aromatic carbocycles. The van der Waals surface area contributed by atoms with Gasteiger partial charge >= 0.3 is 0 Å². The second-order valence-corrected chi connectivity index (χ2v) is 2.78. The highest BCUT2D eigenvalue weighted by atomic mass is 16.1. The molecule has 1 aliphatic heterocycles. The zero-order chi connectivity index (χ0) is 9.84. The second kappa shape index (κ2) is 4.08. The van der Waals surface area contributed by atoms with Crippen LogP contribution >= 0.6 is 0 Å². The van der Waals surface area contributed by atoms with E-state index in [-0.39, 0.29) is 5.91 Å². The van der Waals surface area contributed by atoms with Crippen molar-refractivity contribution >= 4 is 5.91 Å². The summed E-state index contributed by atoms with van der Waals surface area (Å²) in [6, 6.07) is 5.81. The Morgan fingerprint density at radius 1 is 1.31 bits per heavy atom. The van der Waals surface area contributed by atoms with Crippen LogP contribution in [-0.2, 0) is 6.54 Å². The standard InChI is InChI=1S/C9H9NO.C2H6/c1-6-3-2-4-7-8(6)5-10-9(7)11;1-2/h2-4H,5H2,1H3,(H,10,11);1-2H3. The van der Waals surface area contributed by atoms with Gasteiger partial charge in [0.25, 0.3) is 5.91 Å². The molecule has 0 unspecified atom stereocenters. The molecule has 13 heavy (non-hydrogen) atoms. The van der Waals surface area contributed by atoms with Gasteiger partial charge in [0, 0.05) is 12.1 Å². The molecule has 1 N–H and O–H groups in total. The fraction of sp³-hybridized carbons (Fsp3) is 0.364. The second-order valence-electron chi connectivity index (χ2n) is 2.78. The van der Waals surface area contributed by atoms with Gasteiger partial charge in [-0.3, -0.25) is 4.79 Å². The normalized spacial score (nSPS) is 12.7. The fourth-order valence-corrected chi connectivity index (χ4v) is 1.41. The summed E-state index contributed by atoms with van der Waals surface area (Å²) >= 11 is 0. The van der Waals surface area contributed by atoms with Gasteiger partial charge in [-0.1, -0.05) is 26.0 Å². The van der Waals surface area contributed by atoms with Gasteiger partial charge in [0.05, 0.1) is 0 Å². The molecule has 0 aromatic heterocycles. The lowest BCUT2D eigenvalue weighted by Gasteiger charge is -1.97. The number of aryl methyl sites for hydroxylation is 1. The van der Waals surface area contributed by atoms with Gasteiger partial charge in [-0.05, 0) is 24.1 Å². The third-order valence-electron chi connectivity index (χ3n) is 2.08. The first-order valence-corrected chi connectivity index (χ1v) is 4.66. The molecule has 0 saturated heterocycles. The van der Waals surface area contributed by atoms with Crippen LogP contribution < -0.4 is 5.32 Å². The summed E-state index contributed by atoms with van der Waals surface area (Å²) in [7, 11) is 0. The van der Waals surface area contributed by atoms with E-state index >= 15 is 0 Å². The highest BCUT2D eigenvalue weighted by molar-refractivity contribution is 5.98. The Kier molecular flexibility index (Phi) is 3.07. The van der Waals surface area contributed by atoms with E-state index in [1.165, 1.54) is 5.56 Å². The van der Waals surface area contributed by atoms with E-state index in [9.17, 15) is 4.79 Å². The molecule has 70 valence electrons. The van der Waals surface area contributed by atoms with Gasteiger partial charge in [0.2, 0.25) is 0 Å². The number of hydrogen-bond donors (Lipinski definition) is 1. The van der Waals surface area contributed by atoms with Crippen LogP contribution in [0, 0.1) is 6.92 Å². The maximum atomic E-state index is 11.1. The molecule has 1 amide bonds. The summed E-state index contributed by atoms with van der Waals surface area (Å²) in [5.74, 6) is 0.0590. The van der Waals surface area contributed by atoms with Crippen molar-refractivity contribution in [3.8, 4) is 0 Å². The van der Waals surface area contributed by atoms with Crippen LogP contribution in [0.1, 0.15) is 35.3 Å². The first-order chi connectivity index (χ1) is 6.29. The number of rotatable bonds is 0. The summed E-state index contributed by atoms with van der Waals surface area (Å²) in [5.41, 5.74) is 3.18. The van der Waals surface area contributed by atoms with Crippen LogP contribution in [-0.4, -0.2) is 5.91 Å². The average molecular weight is 177 g/mol. The Hall–Kier alpha value is -1.31. The lowest BCUT2D eigenvalue weighted by Crippen LogP contribution is -2.12. The summed E-state index contributed by atoms with van der Waals surface area (Å²) in [6.45, 7) is 6.72. The number of benzene rings is 1. The third-order valence-corrected chi connectivity index (χ3v) is 2.08. The number of hydrogen-bond acceptors (Lipinski definition) is 1. The van der Waals surface area contributed by atoms with Crippen LogP contribution in [0.15, 0.2) is 18.2 Å². The maximum absolute atomic E-state index is 11.1. The molecule has 0 atom stereocenters. The van der Waals surface area contributed by atoms with Crippen LogP contribution in [0.5, 0.6) is 0 Å². The highest BCUT2D eigenvalue weighted by Gasteiger charge is 2.18. The Bertz CT molecular complexity index is 318. The Labute approximate surface area is 79.0 Å². The van der Waals surface area contributed by atoms with Crippen molar-refractivity contribution in [2.75, 3.05) is 0 Å². The Morgan fingerprint density at radius 3 is 2.62 bits per heavy atom. The predicted octanol–water partition coefficient (Wildman–Crippen LogP) is 2.26. The van der Waals surface area contributed by atoms with E-state index in [4.69, 9.17) is 0 Å². The molecular formula is C11H15NO. The molecule has 0 saturated carbocycles. The Balaban J connectivity index is 0.000000396. The minimum atomic E-state index is 0.0590. The van der Waals surface area contributed by atoms with Gasteiger partial charge in [0.15, 0.2) is 0 Å². The van der Waals surface area contributed by atoms with Crippen molar-refractivity contribution in [2.24, 2.45) is 0 Å². The minimum Gasteiger partial charge on any atom is -0.348 e. The Morgan fingerprint density at radius 2 is 2.00 bits per heavy atom. The molecular weight excluding hydrogens is 162 g/mol. The zero-order valence-electron chi connectivity index (χ0n) is 8.35. The number of fused-ring (bicyclic) bond motifs is 1. The van der Waals surface area contributed by atoms with Crippen LogP contribution in [0.4, 0.5) is 0 Å². The topological polar surface area (TPSA) is 29.1 Å². The molecule has 1 heterocycles. The molecule has 0 aliphatic carbocycles. The van der Waals surface area contributed by atoms with Crippen molar-refractivity contribution < 1.29 is 4.79 Å². The number of nitrogens with one attached hydrogen (secondary N) is 1. The van der Waals surface area contributed by atoms with E-state index in [0.717, 1.165) is 11.1 Å². The summed E-state index contributed by atoms with van der Waals surface area (Å²) in [6.07, 6.45) is 0. The van der Waals surface area contributed by atoms with Crippen molar-refractivity contribution in [3.05, 3.63) is 34.9 Å². The average Bonchev–Trinajstić information content (AvgIpc) is 2.53. The van der Waals surface area contributed by atoms with Gasteiger partial charge in [-0.2, -0.15) is 0 Å². The predicted molar refractivity (Wildman–Crippen MR) is 53.7 cm³/mol. The molecule has 1 aliphatic rings. The lowest BCUT2D eigenvalue weighted by atomic mass is 10.1. The van der Waals surface area contributed by atoms with E-state index < -0.39 is 0 Å². The van der Waals surface area contributed by atoms with Gasteiger partial charge in [-0.15, -0.1) is 0 Å². The van der Waals surface area contributed by atoms with Gasteiger partial charge < -0.3 is 5.32 Å². The first kappa shape index (κ1) is 9.78. The highest BCUT2D eigenvalue weighted by Crippen LogP contribution is 2.18. The number of carbonyl (C=O) groups is 1. The monoisotopic (exact) mass is 177 g/mol. The van der Waals surface area contributed by atoms with Gasteiger partial charge in [-0.25, -0.2) is 0 Å². The molecule has 2 nitrogen and oxygen atoms in total. The summed E-state index contributed by atoms with van der Waals surface area (Å²) < 4.78 is 0. The van der Waals surface area contributed by atoms with Crippen molar-refractivity contribution in [3.63, 3.8) is 0 Å². The van der Waals surface area contributed by atoms with E-state index in [2.05, 4.69) is 5.32 Å². The van der Waals surface area contributed by atoms with Gasteiger partial charge in [0.1, 0.15) is 0 Å². The smallest absolute Gasteiger partial charge is 0.251 e. The largest absolute Gasteiger partial charge is 0.348 e. The first-order valence-electron chi connectivity index (χ1n) is 4.66. The quantitative estimate of drug-likeness (QED) is 0.647. The summed E-state index contributed by atoms with van der Waals surface area (Å²) in [4.78, 5) is 11.1. The van der Waals surface area contributed by atoms with Crippen LogP contribution in [0.2, 0.25) is 0 Å². The lowest BCUT2D eigenvalue weighted by molar-refractivity contribution is 0.0966. The third kappa shape index (κ3) is 1.72. The summed E-state index contributed by atoms with van der Waals surface area (Å²) in [5, 5.41) is 2.79. The molecule has 0 spiro atoms.